The molecule has 0 saturated carbocycles. The first-order chi connectivity index (χ1) is 45.9. The van der Waals surface area contributed by atoms with Crippen molar-refractivity contribution < 1.29 is 69.8 Å². The molecule has 3 saturated heterocycles. The van der Waals surface area contributed by atoms with Crippen molar-refractivity contribution in [3.63, 3.8) is 0 Å². The first-order valence-electron chi connectivity index (χ1n) is 37.2. The average molecular weight is 1540 g/mol. The molecule has 3 fully saturated rings. The highest BCUT2D eigenvalue weighted by Crippen LogP contribution is 2.45. The Kier molecular flexibility index (Phi) is 30.6. The van der Waals surface area contributed by atoms with Crippen molar-refractivity contribution in [1.29, 1.82) is 0 Å². The molecule has 0 aromatic heterocycles. The number of carbonyl (C=O) groups is 5. The number of hydrogen-bond donors (Lipinski definition) is 7. The number of amides is 5. The van der Waals surface area contributed by atoms with Crippen LogP contribution in [0.1, 0.15) is 164 Å². The Hall–Kier alpha value is -2.74. The van der Waals surface area contributed by atoms with E-state index in [1.807, 2.05) is 38.1 Å². The van der Waals surface area contributed by atoms with Gasteiger partial charge in [0.15, 0.2) is 47.9 Å². The second kappa shape index (κ2) is 34.0. The van der Waals surface area contributed by atoms with Crippen molar-refractivity contribution in [3.8, 4) is 5.75 Å². The minimum atomic E-state index is -2.96. The van der Waals surface area contributed by atoms with E-state index in [4.69, 9.17) is 46.5 Å². The van der Waals surface area contributed by atoms with Gasteiger partial charge in [-0.15, -0.1) is 0 Å². The van der Waals surface area contributed by atoms with Gasteiger partial charge in [0, 0.05) is 40.2 Å². The Bertz CT molecular complexity index is 2960. The van der Waals surface area contributed by atoms with Crippen LogP contribution in [0.15, 0.2) is 24.3 Å². The Morgan fingerprint density at radius 2 is 1.07 bits per heavy atom. The van der Waals surface area contributed by atoms with Gasteiger partial charge < -0.3 is 71.9 Å². The standard InChI is InChI=1S/C72H143BN8O15Si6/c1-46-43-81(59(64(85)79-74)60(46)96-102(34,35)72(19,20)21)66(87)57(48(3)92-98(26,27)68(7,8)9)76-63(84)58(54(95-101(32,33)71(16,17)18)40-49-36-38-50(39-37-49)93-99(28,29)69(10,11)12)77-62(83)53-41-51(94-100(30,31)70(13,14)15)44-80(53)65(86)56(47(2)91-97(24,25)67(4,5)6)75-61(82)52(78-73-45-90-73)42-55(88-22)89-23/h36-39,46-48,51-60,66,78,87H,40-45,74H2,1-35H3,(H,75,82)(H,76,84)(H,77,83)(H,79,85). The van der Waals surface area contributed by atoms with Gasteiger partial charge in [-0.1, -0.05) is 144 Å². The second-order valence-electron chi connectivity index (χ2n) is 38.6. The quantitative estimate of drug-likeness (QED) is 0.00860. The van der Waals surface area contributed by atoms with Crippen LogP contribution in [0.4, 0.5) is 0 Å². The molecule has 13 unspecified atom stereocenters. The highest BCUT2D eigenvalue weighted by Gasteiger charge is 2.56. The van der Waals surface area contributed by atoms with Crippen LogP contribution in [0.3, 0.4) is 0 Å². The number of rotatable bonds is 33. The zero-order valence-corrected chi connectivity index (χ0v) is 75.8. The summed E-state index contributed by atoms with van der Waals surface area (Å²) < 4.78 is 59.6. The van der Waals surface area contributed by atoms with Crippen molar-refractivity contribution in [3.05, 3.63) is 29.8 Å². The van der Waals surface area contributed by atoms with Crippen LogP contribution in [-0.4, -0.2) is 215 Å². The molecule has 1 aromatic carbocycles. The van der Waals surface area contributed by atoms with Crippen LogP contribution in [0.5, 0.6) is 5.75 Å². The third-order valence-electron chi connectivity index (χ3n) is 24.3. The molecule has 102 heavy (non-hydrogen) atoms. The van der Waals surface area contributed by atoms with E-state index in [1.54, 1.807) is 11.8 Å². The molecule has 4 rings (SSSR count). The Morgan fingerprint density at radius 3 is 1.52 bits per heavy atom. The summed E-state index contributed by atoms with van der Waals surface area (Å²) in [6.07, 6.45) is -6.48. The average Bonchev–Trinajstić information content (AvgIpc) is 1.57. The topological polar surface area (TPSA) is 285 Å². The lowest BCUT2D eigenvalue weighted by atomic mass is 9.93. The molecular weight excluding hydrogens is 1400 g/mol. The maximum atomic E-state index is 16.7. The third-order valence-corrected chi connectivity index (χ3v) is 51.3. The van der Waals surface area contributed by atoms with Gasteiger partial charge in [0.05, 0.1) is 49.1 Å². The van der Waals surface area contributed by atoms with E-state index in [2.05, 4.69) is 230 Å². The number of nitrogens with zero attached hydrogens (tertiary/aromatic N) is 2. The van der Waals surface area contributed by atoms with E-state index in [1.165, 1.54) is 19.1 Å². The fraction of sp³-hybridized carbons (Fsp3) is 0.847. The van der Waals surface area contributed by atoms with Gasteiger partial charge >= 0.3 is 7.05 Å². The zero-order valence-electron chi connectivity index (χ0n) is 69.8. The number of aliphatic hydroxyl groups is 1. The molecular formula is C72H143BN8O15Si6. The van der Waals surface area contributed by atoms with E-state index in [0.717, 1.165) is 5.56 Å². The molecule has 0 aliphatic carbocycles. The molecule has 8 N–H and O–H groups in total. The number of methoxy groups -OCH3 is 2. The molecule has 23 nitrogen and oxygen atoms in total. The van der Waals surface area contributed by atoms with Crippen LogP contribution in [0.25, 0.3) is 0 Å². The van der Waals surface area contributed by atoms with Gasteiger partial charge in [-0.3, -0.25) is 34.3 Å². The van der Waals surface area contributed by atoms with Crippen LogP contribution in [0.2, 0.25) is 109 Å². The lowest BCUT2D eigenvalue weighted by Gasteiger charge is -2.45. The predicted octanol–water partition coefficient (Wildman–Crippen LogP) is 11.3. The SMILES string of the molecule is COC(CC(NB1CO1)C(=O)NC(C(=O)N1CC(O[Si](C)(C)C(C)(C)C)CC1C(=O)NC(C(=O)NC(C(C)O[Si](C)(C)C(C)(C)C)C(O)N1CC(C)C(O[Si](C)(C)C(C)(C)C)C1C(=O)NN)C(Cc1ccc(O[Si](C)(C)C(C)(C)C)cc1)O[Si](C)(C)C(C)(C)C)C(C)O[Si](C)(C)C(C)(C)C)OC. The number of hydrazine groups is 1. The molecule has 0 bridgehead atoms. The summed E-state index contributed by atoms with van der Waals surface area (Å²) in [5.41, 5.74) is 3.16. The maximum absolute atomic E-state index is 16.7. The summed E-state index contributed by atoms with van der Waals surface area (Å²) >= 11 is 0. The van der Waals surface area contributed by atoms with Gasteiger partial charge in [0.2, 0.25) is 31.9 Å². The summed E-state index contributed by atoms with van der Waals surface area (Å²) in [4.78, 5) is 82.2. The number of aliphatic hydroxyl groups excluding tert-OH is 1. The van der Waals surface area contributed by atoms with Gasteiger partial charge in [-0.05, 0) is 153 Å². The van der Waals surface area contributed by atoms with E-state index in [9.17, 15) is 9.90 Å². The summed E-state index contributed by atoms with van der Waals surface area (Å²) in [5, 5.41) is 24.7. The van der Waals surface area contributed by atoms with E-state index in [0.29, 0.717) is 12.3 Å². The molecule has 0 spiro atoms. The van der Waals surface area contributed by atoms with Crippen molar-refractivity contribution in [1.82, 2.24) is 36.4 Å². The molecule has 588 valence electrons. The summed E-state index contributed by atoms with van der Waals surface area (Å²) in [6.45, 7) is 69.8. The number of hydrogen-bond acceptors (Lipinski definition) is 18. The van der Waals surface area contributed by atoms with Crippen LogP contribution in [0, 0.1) is 5.92 Å². The minimum Gasteiger partial charge on any atom is -0.544 e. The van der Waals surface area contributed by atoms with Crippen molar-refractivity contribution in [2.24, 2.45) is 11.8 Å². The molecule has 3 aliphatic heterocycles. The van der Waals surface area contributed by atoms with Crippen LogP contribution in [-0.2, 0) is 66.7 Å². The lowest BCUT2D eigenvalue weighted by molar-refractivity contribution is -0.146. The maximum Gasteiger partial charge on any atom is 0.405 e. The largest absolute Gasteiger partial charge is 0.544 e. The fourth-order valence-corrected chi connectivity index (χ4v) is 19.3. The van der Waals surface area contributed by atoms with Gasteiger partial charge in [-0.2, -0.15) is 0 Å². The second-order valence-corrected chi connectivity index (χ2v) is 67.1. The zero-order chi connectivity index (χ0) is 78.8. The minimum absolute atomic E-state index is 0.0289. The Labute approximate surface area is 623 Å². The number of benzene rings is 1. The normalized spacial score (nSPS) is 22.2. The Morgan fingerprint density at radius 1 is 0.608 bits per heavy atom. The summed E-state index contributed by atoms with van der Waals surface area (Å²) in [7, 11) is -13.3. The molecule has 13 atom stereocenters. The number of carbonyl (C=O) groups excluding carboxylic acids is 5. The van der Waals surface area contributed by atoms with Crippen molar-refractivity contribution in [2.45, 2.75) is 353 Å². The van der Waals surface area contributed by atoms with Crippen LogP contribution >= 0.6 is 0 Å². The molecule has 3 aliphatic rings. The molecule has 30 heteroatoms. The Balaban J connectivity index is 2.11. The fourth-order valence-electron chi connectivity index (χ4n) is 11.3. The van der Waals surface area contributed by atoms with Crippen molar-refractivity contribution in [2.75, 3.05) is 33.8 Å². The first kappa shape index (κ1) is 91.6. The van der Waals surface area contributed by atoms with Crippen LogP contribution < -0.4 is 36.9 Å². The lowest BCUT2D eigenvalue weighted by Crippen LogP contribution is -2.67. The summed E-state index contributed by atoms with van der Waals surface area (Å²) in [6, 6.07) is 0.303. The van der Waals surface area contributed by atoms with Gasteiger partial charge in [-0.25, -0.2) is 5.84 Å². The third kappa shape index (κ3) is 23.4. The first-order valence-corrected chi connectivity index (χ1v) is 54.6. The summed E-state index contributed by atoms with van der Waals surface area (Å²) in [5.74, 6) is 3.39. The van der Waals surface area contributed by atoms with Gasteiger partial charge in [0.1, 0.15) is 36.1 Å². The number of likely N-dealkylation sites (tertiary alicyclic amines) is 2. The number of nitrogens with two attached hydrogens (primary N) is 1. The monoisotopic (exact) mass is 1540 g/mol. The molecule has 0 radical (unpaired) electrons. The van der Waals surface area contributed by atoms with E-state index < -0.39 is 171 Å². The molecule has 3 heterocycles. The number of nitrogens with one attached hydrogen (secondary N) is 5. The predicted molar refractivity (Wildman–Crippen MR) is 425 cm³/mol. The number of ether oxygens (including phenoxy) is 2. The highest BCUT2D eigenvalue weighted by atomic mass is 28.4. The van der Waals surface area contributed by atoms with Gasteiger partial charge in [0.25, 0.3) is 5.91 Å². The molecule has 1 aromatic rings. The van der Waals surface area contributed by atoms with E-state index >= 15 is 19.2 Å². The van der Waals surface area contributed by atoms with E-state index in [-0.39, 0.29) is 63.5 Å². The smallest absolute Gasteiger partial charge is 0.405 e. The highest BCUT2D eigenvalue weighted by molar-refractivity contribution is 6.76. The van der Waals surface area contributed by atoms with Crippen molar-refractivity contribution >= 4 is 86.5 Å². The molecule has 5 amide bonds.